The lowest BCUT2D eigenvalue weighted by Crippen LogP contribution is -2.33. The van der Waals surface area contributed by atoms with Crippen LogP contribution in [-0.2, 0) is 4.74 Å². The molecule has 0 aromatic heterocycles. The van der Waals surface area contributed by atoms with Crippen LogP contribution in [0.4, 0.5) is 13.2 Å². The van der Waals surface area contributed by atoms with Crippen molar-refractivity contribution < 1.29 is 23.0 Å². The zero-order chi connectivity index (χ0) is 12.0. The molecule has 0 aliphatic heterocycles. The molecule has 1 aliphatic carbocycles. The fourth-order valence-electron chi connectivity index (χ4n) is 2.02. The molecule has 1 rings (SSSR count). The van der Waals surface area contributed by atoms with Crippen LogP contribution in [0.3, 0.4) is 0 Å². The van der Waals surface area contributed by atoms with Crippen molar-refractivity contribution in [2.45, 2.75) is 50.8 Å². The molecule has 0 bridgehead atoms. The molecule has 16 heavy (non-hydrogen) atoms. The summed E-state index contributed by atoms with van der Waals surface area (Å²) >= 11 is 0. The van der Waals surface area contributed by atoms with Crippen LogP contribution < -0.4 is 0 Å². The van der Waals surface area contributed by atoms with E-state index in [1.54, 1.807) is 0 Å². The van der Waals surface area contributed by atoms with E-state index in [0.29, 0.717) is 12.5 Å². The minimum Gasteiger partial charge on any atom is -0.382 e. The first kappa shape index (κ1) is 13.8. The van der Waals surface area contributed by atoms with Crippen LogP contribution in [-0.4, -0.2) is 30.6 Å². The summed E-state index contributed by atoms with van der Waals surface area (Å²) in [4.78, 5) is 0. The van der Waals surface area contributed by atoms with Crippen molar-refractivity contribution in [3.05, 3.63) is 0 Å². The fourth-order valence-corrected chi connectivity index (χ4v) is 2.02. The monoisotopic (exact) mass is 240 g/mol. The molecule has 0 saturated heterocycles. The summed E-state index contributed by atoms with van der Waals surface area (Å²) in [5, 5.41) is 8.67. The molecule has 0 spiro atoms. The van der Waals surface area contributed by atoms with Gasteiger partial charge < -0.3 is 9.84 Å². The van der Waals surface area contributed by atoms with Crippen molar-refractivity contribution >= 4 is 0 Å². The molecule has 1 saturated carbocycles. The van der Waals surface area contributed by atoms with Gasteiger partial charge in [0.1, 0.15) is 0 Å². The van der Waals surface area contributed by atoms with Crippen molar-refractivity contribution in [2.75, 3.05) is 13.2 Å². The molecule has 1 atom stereocenters. The Hall–Kier alpha value is -0.290. The number of rotatable bonds is 5. The zero-order valence-corrected chi connectivity index (χ0v) is 9.30. The minimum atomic E-state index is -4.56. The summed E-state index contributed by atoms with van der Waals surface area (Å²) in [7, 11) is 0. The first-order chi connectivity index (χ1) is 7.50. The lowest BCUT2D eigenvalue weighted by Gasteiger charge is -2.21. The van der Waals surface area contributed by atoms with E-state index >= 15 is 0 Å². The summed E-state index contributed by atoms with van der Waals surface area (Å²) in [6.45, 7) is -0.325. The van der Waals surface area contributed by atoms with Crippen molar-refractivity contribution in [2.24, 2.45) is 5.92 Å². The first-order valence-corrected chi connectivity index (χ1v) is 5.82. The van der Waals surface area contributed by atoms with Gasteiger partial charge in [-0.3, -0.25) is 0 Å². The molecule has 1 N–H and O–H groups in total. The third-order valence-electron chi connectivity index (χ3n) is 3.05. The summed E-state index contributed by atoms with van der Waals surface area (Å²) in [6.07, 6.45) is -0.0828. The standard InChI is InChI=1S/C11H19F3O2/c12-11(13,14)10(15)8-16-7-6-9-4-2-1-3-5-9/h9-10,15H,1-8H2. The van der Waals surface area contributed by atoms with Gasteiger partial charge in [0, 0.05) is 6.61 Å². The average molecular weight is 240 g/mol. The van der Waals surface area contributed by atoms with Gasteiger partial charge in [-0.2, -0.15) is 13.2 Å². The Labute approximate surface area is 93.8 Å². The topological polar surface area (TPSA) is 29.5 Å². The van der Waals surface area contributed by atoms with Crippen LogP contribution in [0.5, 0.6) is 0 Å². The number of ether oxygens (including phenoxy) is 1. The van der Waals surface area contributed by atoms with Gasteiger partial charge in [-0.25, -0.2) is 0 Å². The lowest BCUT2D eigenvalue weighted by molar-refractivity contribution is -0.217. The molecule has 0 amide bonds. The Morgan fingerprint density at radius 2 is 1.81 bits per heavy atom. The van der Waals surface area contributed by atoms with E-state index in [1.807, 2.05) is 0 Å². The van der Waals surface area contributed by atoms with Crippen LogP contribution in [0.1, 0.15) is 38.5 Å². The van der Waals surface area contributed by atoms with Gasteiger partial charge in [0.25, 0.3) is 0 Å². The number of alkyl halides is 3. The molecule has 96 valence electrons. The zero-order valence-electron chi connectivity index (χ0n) is 9.30. The van der Waals surface area contributed by atoms with E-state index in [-0.39, 0.29) is 0 Å². The Bertz CT molecular complexity index is 188. The second-order valence-electron chi connectivity index (χ2n) is 4.43. The van der Waals surface area contributed by atoms with Crippen molar-refractivity contribution in [1.82, 2.24) is 0 Å². The van der Waals surface area contributed by atoms with E-state index in [2.05, 4.69) is 0 Å². The SMILES string of the molecule is OC(COCCC1CCCCC1)C(F)(F)F. The summed E-state index contributed by atoms with van der Waals surface area (Å²) in [6, 6.07) is 0. The highest BCUT2D eigenvalue weighted by molar-refractivity contribution is 4.66. The van der Waals surface area contributed by atoms with Crippen LogP contribution in [0.2, 0.25) is 0 Å². The number of aliphatic hydroxyl groups is 1. The molecular weight excluding hydrogens is 221 g/mol. The Balaban J connectivity index is 2.02. The van der Waals surface area contributed by atoms with Crippen molar-refractivity contribution in [3.8, 4) is 0 Å². The van der Waals surface area contributed by atoms with Gasteiger partial charge in [-0.05, 0) is 12.3 Å². The normalized spacial score (nSPS) is 21.0. The number of hydrogen-bond acceptors (Lipinski definition) is 2. The van der Waals surface area contributed by atoms with Crippen molar-refractivity contribution in [1.29, 1.82) is 0 Å². The molecule has 0 aromatic carbocycles. The van der Waals surface area contributed by atoms with Crippen LogP contribution in [0.25, 0.3) is 0 Å². The molecule has 5 heteroatoms. The summed E-state index contributed by atoms with van der Waals surface area (Å²) in [5.41, 5.74) is 0. The number of aliphatic hydroxyl groups excluding tert-OH is 1. The Kier molecular flexibility index (Phi) is 5.55. The van der Waals surface area contributed by atoms with Gasteiger partial charge in [0.05, 0.1) is 6.61 Å². The second-order valence-corrected chi connectivity index (χ2v) is 4.43. The third kappa shape index (κ3) is 5.16. The van der Waals surface area contributed by atoms with Gasteiger partial charge >= 0.3 is 6.18 Å². The molecule has 0 heterocycles. The predicted molar refractivity (Wildman–Crippen MR) is 54.1 cm³/mol. The van der Waals surface area contributed by atoms with Gasteiger partial charge in [-0.15, -0.1) is 0 Å². The maximum atomic E-state index is 11.9. The number of hydrogen-bond donors (Lipinski definition) is 1. The predicted octanol–water partition coefficient (Wildman–Crippen LogP) is 2.90. The molecule has 2 nitrogen and oxygen atoms in total. The minimum absolute atomic E-state index is 0.317. The van der Waals surface area contributed by atoms with Crippen molar-refractivity contribution in [3.63, 3.8) is 0 Å². The molecule has 1 fully saturated rings. The lowest BCUT2D eigenvalue weighted by atomic mass is 9.87. The molecular formula is C11H19F3O2. The highest BCUT2D eigenvalue weighted by Gasteiger charge is 2.38. The Morgan fingerprint density at radius 3 is 2.38 bits per heavy atom. The summed E-state index contributed by atoms with van der Waals surface area (Å²) < 4.78 is 40.6. The van der Waals surface area contributed by atoms with E-state index in [4.69, 9.17) is 9.84 Å². The maximum Gasteiger partial charge on any atom is 0.416 e. The van der Waals surface area contributed by atoms with E-state index in [1.165, 1.54) is 19.3 Å². The molecule has 1 unspecified atom stereocenters. The first-order valence-electron chi connectivity index (χ1n) is 5.82. The highest BCUT2D eigenvalue weighted by Crippen LogP contribution is 2.26. The van der Waals surface area contributed by atoms with Gasteiger partial charge in [0.15, 0.2) is 6.10 Å². The quantitative estimate of drug-likeness (QED) is 0.749. The van der Waals surface area contributed by atoms with E-state index < -0.39 is 18.9 Å². The fraction of sp³-hybridized carbons (Fsp3) is 1.00. The smallest absolute Gasteiger partial charge is 0.382 e. The van der Waals surface area contributed by atoms with Crippen LogP contribution in [0, 0.1) is 5.92 Å². The number of halogens is 3. The second kappa shape index (κ2) is 6.45. The third-order valence-corrected chi connectivity index (χ3v) is 3.05. The summed E-state index contributed by atoms with van der Waals surface area (Å²) in [5.74, 6) is 0.594. The van der Waals surface area contributed by atoms with Crippen LogP contribution in [0.15, 0.2) is 0 Å². The Morgan fingerprint density at radius 1 is 1.19 bits per heavy atom. The molecule has 1 aliphatic rings. The van der Waals surface area contributed by atoms with E-state index in [9.17, 15) is 13.2 Å². The van der Waals surface area contributed by atoms with Crippen LogP contribution >= 0.6 is 0 Å². The van der Waals surface area contributed by atoms with Gasteiger partial charge in [0.2, 0.25) is 0 Å². The highest BCUT2D eigenvalue weighted by atomic mass is 19.4. The molecule has 0 radical (unpaired) electrons. The van der Waals surface area contributed by atoms with Gasteiger partial charge in [-0.1, -0.05) is 32.1 Å². The molecule has 0 aromatic rings. The largest absolute Gasteiger partial charge is 0.416 e. The average Bonchev–Trinajstić information content (AvgIpc) is 2.24. The maximum absolute atomic E-state index is 11.9. The van der Waals surface area contributed by atoms with E-state index in [0.717, 1.165) is 19.3 Å².